The second kappa shape index (κ2) is 6.27. The molecule has 3 heterocycles. The van der Waals surface area contributed by atoms with E-state index in [1.165, 1.54) is 0 Å². The standard InChI is InChI=1S/C19H21N3O3/c1-12-5-7-14(25-12)11-20-18(23)13-6-8-16-15(10-13)21-19(24)17-4-2-3-9-22(16)17/h5-8,10,17H,2-4,9,11H2,1H3,(H,20,23)(H,21,24)/t17-/m0/s1. The Morgan fingerprint density at radius 1 is 1.32 bits per heavy atom. The van der Waals surface area contributed by atoms with Gasteiger partial charge in [0.25, 0.3) is 5.91 Å². The van der Waals surface area contributed by atoms with Gasteiger partial charge in [0.05, 0.1) is 17.9 Å². The first-order valence-electron chi connectivity index (χ1n) is 8.67. The van der Waals surface area contributed by atoms with Crippen LogP contribution in [-0.4, -0.2) is 24.4 Å². The fourth-order valence-corrected chi connectivity index (χ4v) is 3.59. The number of hydrogen-bond acceptors (Lipinski definition) is 4. The molecule has 2 amide bonds. The average molecular weight is 339 g/mol. The van der Waals surface area contributed by atoms with Crippen molar-refractivity contribution in [3.8, 4) is 0 Å². The van der Waals surface area contributed by atoms with Crippen LogP contribution in [0.25, 0.3) is 0 Å². The Morgan fingerprint density at radius 3 is 3.00 bits per heavy atom. The first-order chi connectivity index (χ1) is 12.1. The fourth-order valence-electron chi connectivity index (χ4n) is 3.59. The Hall–Kier alpha value is -2.76. The largest absolute Gasteiger partial charge is 0.465 e. The Bertz CT molecular complexity index is 827. The third-order valence-electron chi connectivity index (χ3n) is 4.85. The summed E-state index contributed by atoms with van der Waals surface area (Å²) in [5.74, 6) is 1.37. The van der Waals surface area contributed by atoms with E-state index >= 15 is 0 Å². The zero-order valence-corrected chi connectivity index (χ0v) is 14.2. The van der Waals surface area contributed by atoms with Crippen molar-refractivity contribution in [1.82, 2.24) is 5.32 Å². The normalized spacial score (nSPS) is 19.0. The lowest BCUT2D eigenvalue weighted by atomic mass is 9.97. The molecule has 2 N–H and O–H groups in total. The number of furan rings is 1. The number of piperidine rings is 1. The Balaban J connectivity index is 1.51. The molecule has 6 nitrogen and oxygen atoms in total. The van der Waals surface area contributed by atoms with Gasteiger partial charge in [-0.15, -0.1) is 0 Å². The molecule has 2 aromatic rings. The van der Waals surface area contributed by atoms with Gasteiger partial charge < -0.3 is 20.0 Å². The molecule has 2 aliphatic heterocycles. The van der Waals surface area contributed by atoms with Gasteiger partial charge in [-0.25, -0.2) is 0 Å². The molecule has 25 heavy (non-hydrogen) atoms. The van der Waals surface area contributed by atoms with Crippen LogP contribution < -0.4 is 15.5 Å². The average Bonchev–Trinajstić information content (AvgIpc) is 3.05. The summed E-state index contributed by atoms with van der Waals surface area (Å²) >= 11 is 0. The SMILES string of the molecule is Cc1ccc(CNC(=O)c2ccc3c(c2)NC(=O)[C@@H]2CCCCN32)o1. The molecule has 130 valence electrons. The molecule has 4 rings (SSSR count). The molecular formula is C19H21N3O3. The minimum absolute atomic E-state index is 0.0239. The number of fused-ring (bicyclic) bond motifs is 3. The Labute approximate surface area is 146 Å². The van der Waals surface area contributed by atoms with Crippen molar-refractivity contribution in [3.05, 3.63) is 47.4 Å². The highest BCUT2D eigenvalue weighted by molar-refractivity contribution is 6.05. The monoisotopic (exact) mass is 339 g/mol. The number of aryl methyl sites for hydroxylation is 1. The first kappa shape index (κ1) is 15.7. The Morgan fingerprint density at radius 2 is 2.20 bits per heavy atom. The number of benzene rings is 1. The van der Waals surface area contributed by atoms with Crippen molar-refractivity contribution < 1.29 is 14.0 Å². The summed E-state index contributed by atoms with van der Waals surface area (Å²) < 4.78 is 5.46. The number of nitrogens with zero attached hydrogens (tertiary/aromatic N) is 1. The van der Waals surface area contributed by atoms with Crippen LogP contribution >= 0.6 is 0 Å². The first-order valence-corrected chi connectivity index (χ1v) is 8.67. The lowest BCUT2D eigenvalue weighted by molar-refractivity contribution is -0.118. The molecule has 2 aliphatic rings. The van der Waals surface area contributed by atoms with Crippen LogP contribution in [0.15, 0.2) is 34.7 Å². The van der Waals surface area contributed by atoms with Crippen molar-refractivity contribution >= 4 is 23.2 Å². The van der Waals surface area contributed by atoms with Gasteiger partial charge in [0.1, 0.15) is 17.6 Å². The molecule has 1 saturated heterocycles. The summed E-state index contributed by atoms with van der Waals surface area (Å²) in [4.78, 5) is 26.9. The van der Waals surface area contributed by atoms with Gasteiger partial charge in [0, 0.05) is 12.1 Å². The van der Waals surface area contributed by atoms with Crippen molar-refractivity contribution in [2.24, 2.45) is 0 Å². The van der Waals surface area contributed by atoms with E-state index in [0.717, 1.165) is 37.3 Å². The molecule has 0 aliphatic carbocycles. The van der Waals surface area contributed by atoms with Gasteiger partial charge in [-0.1, -0.05) is 0 Å². The van der Waals surface area contributed by atoms with Gasteiger partial charge in [0.2, 0.25) is 5.91 Å². The molecular weight excluding hydrogens is 318 g/mol. The summed E-state index contributed by atoms with van der Waals surface area (Å²) in [6.07, 6.45) is 3.06. The predicted octanol–water partition coefficient (Wildman–Crippen LogP) is 2.83. The maximum absolute atomic E-state index is 12.4. The highest BCUT2D eigenvalue weighted by Gasteiger charge is 2.34. The molecule has 6 heteroatoms. The molecule has 1 fully saturated rings. The van der Waals surface area contributed by atoms with Crippen LogP contribution in [-0.2, 0) is 11.3 Å². The lowest BCUT2D eigenvalue weighted by Gasteiger charge is -2.41. The van der Waals surface area contributed by atoms with E-state index in [1.54, 1.807) is 6.07 Å². The van der Waals surface area contributed by atoms with E-state index in [-0.39, 0.29) is 17.9 Å². The topological polar surface area (TPSA) is 74.6 Å². The number of rotatable bonds is 3. The minimum Gasteiger partial charge on any atom is -0.465 e. The number of hydrogen-bond donors (Lipinski definition) is 2. The zero-order chi connectivity index (χ0) is 17.4. The van der Waals surface area contributed by atoms with Gasteiger partial charge in [0.15, 0.2) is 0 Å². The van der Waals surface area contributed by atoms with Crippen molar-refractivity contribution in [2.45, 2.75) is 38.8 Å². The van der Waals surface area contributed by atoms with Crippen LogP contribution in [0.2, 0.25) is 0 Å². The molecule has 0 radical (unpaired) electrons. The van der Waals surface area contributed by atoms with E-state index in [9.17, 15) is 9.59 Å². The molecule has 1 aromatic carbocycles. The van der Waals surface area contributed by atoms with E-state index < -0.39 is 0 Å². The van der Waals surface area contributed by atoms with Crippen LogP contribution in [0, 0.1) is 6.92 Å². The van der Waals surface area contributed by atoms with Gasteiger partial charge >= 0.3 is 0 Å². The number of carbonyl (C=O) groups excluding carboxylic acids is 2. The third-order valence-corrected chi connectivity index (χ3v) is 4.85. The quantitative estimate of drug-likeness (QED) is 0.902. The molecule has 0 spiro atoms. The van der Waals surface area contributed by atoms with Gasteiger partial charge in [-0.2, -0.15) is 0 Å². The third kappa shape index (κ3) is 2.99. The second-order valence-corrected chi connectivity index (χ2v) is 6.62. The summed E-state index contributed by atoms with van der Waals surface area (Å²) in [7, 11) is 0. The van der Waals surface area contributed by atoms with E-state index in [0.29, 0.717) is 23.6 Å². The molecule has 1 atom stereocenters. The molecule has 0 saturated carbocycles. The van der Waals surface area contributed by atoms with Crippen LogP contribution in [0.4, 0.5) is 11.4 Å². The lowest BCUT2D eigenvalue weighted by Crippen LogP contribution is -2.50. The van der Waals surface area contributed by atoms with Gasteiger partial charge in [-0.3, -0.25) is 9.59 Å². The number of amides is 2. The summed E-state index contributed by atoms with van der Waals surface area (Å²) in [5.41, 5.74) is 2.24. The van der Waals surface area contributed by atoms with Crippen LogP contribution in [0.3, 0.4) is 0 Å². The Kier molecular flexibility index (Phi) is 3.95. The van der Waals surface area contributed by atoms with E-state index in [2.05, 4.69) is 15.5 Å². The summed E-state index contributed by atoms with van der Waals surface area (Å²) in [6, 6.07) is 9.12. The molecule has 1 aromatic heterocycles. The van der Waals surface area contributed by atoms with Crippen molar-refractivity contribution in [1.29, 1.82) is 0 Å². The highest BCUT2D eigenvalue weighted by atomic mass is 16.3. The van der Waals surface area contributed by atoms with Gasteiger partial charge in [-0.05, 0) is 56.5 Å². The zero-order valence-electron chi connectivity index (χ0n) is 14.2. The predicted molar refractivity (Wildman–Crippen MR) is 94.7 cm³/mol. The van der Waals surface area contributed by atoms with Crippen LogP contribution in [0.1, 0.15) is 41.1 Å². The maximum atomic E-state index is 12.4. The number of carbonyl (C=O) groups is 2. The number of nitrogens with one attached hydrogen (secondary N) is 2. The maximum Gasteiger partial charge on any atom is 0.251 e. The molecule has 0 bridgehead atoms. The van der Waals surface area contributed by atoms with Crippen molar-refractivity contribution in [2.75, 3.05) is 16.8 Å². The fraction of sp³-hybridized carbons (Fsp3) is 0.368. The molecule has 0 unspecified atom stereocenters. The number of anilines is 2. The van der Waals surface area contributed by atoms with Crippen LogP contribution in [0.5, 0.6) is 0 Å². The summed E-state index contributed by atoms with van der Waals surface area (Å²) in [5, 5.41) is 5.80. The van der Waals surface area contributed by atoms with Crippen molar-refractivity contribution in [3.63, 3.8) is 0 Å². The minimum atomic E-state index is -0.188. The smallest absolute Gasteiger partial charge is 0.251 e. The van der Waals surface area contributed by atoms with E-state index in [4.69, 9.17) is 4.42 Å². The highest BCUT2D eigenvalue weighted by Crippen LogP contribution is 2.36. The van der Waals surface area contributed by atoms with E-state index in [1.807, 2.05) is 31.2 Å². The summed E-state index contributed by atoms with van der Waals surface area (Å²) in [6.45, 7) is 3.09. The second-order valence-electron chi connectivity index (χ2n) is 6.62.